The van der Waals surface area contributed by atoms with Gasteiger partial charge < -0.3 is 14.8 Å². The van der Waals surface area contributed by atoms with Crippen molar-refractivity contribution in [3.63, 3.8) is 0 Å². The Kier molecular flexibility index (Phi) is 3.94. The molecule has 1 aliphatic rings. The van der Waals surface area contributed by atoms with Crippen LogP contribution in [0.5, 0.6) is 11.5 Å². The molecule has 0 bridgehead atoms. The van der Waals surface area contributed by atoms with Crippen molar-refractivity contribution in [3.05, 3.63) is 46.5 Å². The molecule has 0 fully saturated rings. The molecule has 1 aliphatic heterocycles. The number of aromatic nitrogens is 1. The van der Waals surface area contributed by atoms with E-state index in [0.29, 0.717) is 5.15 Å². The molecular weight excluding hydrogens is 308 g/mol. The zero-order chi connectivity index (χ0) is 14.8. The number of nitrogens with one attached hydrogen (secondary N) is 1. The van der Waals surface area contributed by atoms with Crippen LogP contribution in [-0.4, -0.2) is 19.2 Å². The Labute approximate surface area is 132 Å². The van der Waals surface area contributed by atoms with E-state index in [9.17, 15) is 0 Å². The first-order chi connectivity index (χ1) is 10.2. The number of anilines is 1. The average molecular weight is 321 g/mol. The van der Waals surface area contributed by atoms with Crippen molar-refractivity contribution in [1.82, 2.24) is 4.98 Å². The molecule has 4 nitrogen and oxygen atoms in total. The molecule has 0 aliphatic carbocycles. The van der Waals surface area contributed by atoms with Crippen LogP contribution in [0.4, 0.5) is 5.69 Å². The van der Waals surface area contributed by atoms with Gasteiger partial charge in [0.2, 0.25) is 0 Å². The maximum atomic E-state index is 5.91. The third kappa shape index (κ3) is 2.80. The van der Waals surface area contributed by atoms with Crippen LogP contribution >= 0.6 is 23.4 Å². The third-order valence-electron chi connectivity index (χ3n) is 3.08. The zero-order valence-electron chi connectivity index (χ0n) is 11.5. The van der Waals surface area contributed by atoms with Gasteiger partial charge in [-0.15, -0.1) is 0 Å². The minimum absolute atomic E-state index is 0.485. The number of ether oxygens (including phenoxy) is 2. The molecule has 1 N–H and O–H groups in total. The van der Waals surface area contributed by atoms with E-state index in [1.165, 1.54) is 11.8 Å². The van der Waals surface area contributed by atoms with Crippen molar-refractivity contribution < 1.29 is 9.47 Å². The van der Waals surface area contributed by atoms with Gasteiger partial charge in [-0.05, 0) is 30.3 Å². The van der Waals surface area contributed by atoms with Crippen molar-refractivity contribution in [2.45, 2.75) is 5.03 Å². The van der Waals surface area contributed by atoms with Crippen LogP contribution in [0.15, 0.2) is 40.8 Å². The Hall–Kier alpha value is -1.85. The lowest BCUT2D eigenvalue weighted by Crippen LogP contribution is -2.06. The first kappa shape index (κ1) is 14.1. The van der Waals surface area contributed by atoms with Gasteiger partial charge >= 0.3 is 0 Å². The lowest BCUT2D eigenvalue weighted by molar-refractivity contribution is 0.402. The number of hydrogen-bond acceptors (Lipinski definition) is 5. The Morgan fingerprint density at radius 3 is 2.76 bits per heavy atom. The summed E-state index contributed by atoms with van der Waals surface area (Å²) in [4.78, 5) is 4.28. The van der Waals surface area contributed by atoms with Crippen molar-refractivity contribution in [2.75, 3.05) is 19.5 Å². The number of thioether (sulfide) groups is 1. The maximum absolute atomic E-state index is 5.91. The lowest BCUT2D eigenvalue weighted by Gasteiger charge is -2.20. The summed E-state index contributed by atoms with van der Waals surface area (Å²) in [6, 6.07) is 9.37. The summed E-state index contributed by atoms with van der Waals surface area (Å²) in [6.07, 6.45) is 0. The normalized spacial score (nSPS) is 13.0. The molecule has 3 rings (SSSR count). The smallest absolute Gasteiger partial charge is 0.130 e. The van der Waals surface area contributed by atoms with E-state index in [1.807, 2.05) is 29.7 Å². The van der Waals surface area contributed by atoms with Crippen LogP contribution in [0.2, 0.25) is 5.15 Å². The van der Waals surface area contributed by atoms with E-state index in [-0.39, 0.29) is 0 Å². The predicted molar refractivity (Wildman–Crippen MR) is 86.2 cm³/mol. The number of methoxy groups -OCH3 is 2. The number of nitrogens with zero attached hydrogens (tertiary/aromatic N) is 1. The Morgan fingerprint density at radius 1 is 1.14 bits per heavy atom. The monoisotopic (exact) mass is 320 g/mol. The maximum Gasteiger partial charge on any atom is 0.130 e. The molecule has 1 aromatic heterocycles. The highest BCUT2D eigenvalue weighted by Gasteiger charge is 2.17. The molecule has 0 saturated carbocycles. The quantitative estimate of drug-likeness (QED) is 0.856. The van der Waals surface area contributed by atoms with E-state index in [0.717, 1.165) is 33.5 Å². The van der Waals surface area contributed by atoms with Crippen LogP contribution in [-0.2, 0) is 0 Å². The highest BCUT2D eigenvalue weighted by atomic mass is 35.5. The van der Waals surface area contributed by atoms with Gasteiger partial charge in [0, 0.05) is 11.0 Å². The molecule has 2 heterocycles. The summed E-state index contributed by atoms with van der Waals surface area (Å²) in [5, 5.41) is 6.68. The number of pyridine rings is 1. The van der Waals surface area contributed by atoms with E-state index in [4.69, 9.17) is 21.1 Å². The van der Waals surface area contributed by atoms with Crippen molar-refractivity contribution in [3.8, 4) is 11.5 Å². The fourth-order valence-electron chi connectivity index (χ4n) is 2.05. The van der Waals surface area contributed by atoms with Gasteiger partial charge in [-0.1, -0.05) is 23.4 Å². The molecule has 0 unspecified atom stereocenters. The second-order valence-corrected chi connectivity index (χ2v) is 5.57. The number of fused-ring (bicyclic) bond motifs is 1. The van der Waals surface area contributed by atoms with Gasteiger partial charge in [0.25, 0.3) is 0 Å². The summed E-state index contributed by atoms with van der Waals surface area (Å²) in [5.74, 6) is 1.55. The number of rotatable bonds is 3. The Morgan fingerprint density at radius 2 is 2.00 bits per heavy atom. The fourth-order valence-corrected chi connectivity index (χ4v) is 3.06. The first-order valence-electron chi connectivity index (χ1n) is 6.24. The summed E-state index contributed by atoms with van der Waals surface area (Å²) < 4.78 is 10.7. The summed E-state index contributed by atoms with van der Waals surface area (Å²) in [7, 11) is 3.29. The molecule has 2 aromatic rings. The van der Waals surface area contributed by atoms with Crippen LogP contribution in [0.25, 0.3) is 5.70 Å². The van der Waals surface area contributed by atoms with E-state index >= 15 is 0 Å². The summed E-state index contributed by atoms with van der Waals surface area (Å²) in [5.41, 5.74) is 2.80. The van der Waals surface area contributed by atoms with Crippen LogP contribution in [0, 0.1) is 0 Å². The molecule has 0 radical (unpaired) electrons. The molecule has 0 atom stereocenters. The largest absolute Gasteiger partial charge is 0.497 e. The topological polar surface area (TPSA) is 43.4 Å². The highest BCUT2D eigenvalue weighted by Crippen LogP contribution is 2.39. The number of benzene rings is 1. The minimum Gasteiger partial charge on any atom is -0.497 e. The SMILES string of the molecule is COc1ccc(OC)c(C2=CSc3nc(Cl)ccc3N2)c1. The molecule has 21 heavy (non-hydrogen) atoms. The number of halogens is 1. The second kappa shape index (κ2) is 5.87. The second-order valence-electron chi connectivity index (χ2n) is 4.33. The Bertz CT molecular complexity index is 719. The molecule has 0 spiro atoms. The van der Waals surface area contributed by atoms with Crippen LogP contribution < -0.4 is 14.8 Å². The van der Waals surface area contributed by atoms with Gasteiger partial charge in [-0.3, -0.25) is 0 Å². The molecule has 6 heteroatoms. The fraction of sp³-hybridized carbons (Fsp3) is 0.133. The van der Waals surface area contributed by atoms with Crippen LogP contribution in [0.1, 0.15) is 5.56 Å². The highest BCUT2D eigenvalue weighted by molar-refractivity contribution is 8.02. The first-order valence-corrected chi connectivity index (χ1v) is 7.50. The van der Waals surface area contributed by atoms with Gasteiger partial charge in [-0.25, -0.2) is 4.98 Å². The molecular formula is C15H13ClN2O2S. The predicted octanol–water partition coefficient (Wildman–Crippen LogP) is 4.27. The van der Waals surface area contributed by atoms with E-state index < -0.39 is 0 Å². The molecule has 1 aromatic carbocycles. The van der Waals surface area contributed by atoms with Crippen molar-refractivity contribution in [1.29, 1.82) is 0 Å². The average Bonchev–Trinajstić information content (AvgIpc) is 2.53. The molecule has 0 saturated heterocycles. The van der Waals surface area contributed by atoms with E-state index in [1.54, 1.807) is 20.3 Å². The van der Waals surface area contributed by atoms with Gasteiger partial charge in [-0.2, -0.15) is 0 Å². The minimum atomic E-state index is 0.485. The van der Waals surface area contributed by atoms with Gasteiger partial charge in [0.1, 0.15) is 21.7 Å². The standard InChI is InChI=1S/C15H13ClN2O2S/c1-19-9-3-5-13(20-2)10(7-9)12-8-21-15-11(17-12)4-6-14(16)18-15/h3-8,17H,1-2H3. The zero-order valence-corrected chi connectivity index (χ0v) is 13.1. The van der Waals surface area contributed by atoms with Gasteiger partial charge in [0.05, 0.1) is 25.6 Å². The lowest BCUT2D eigenvalue weighted by atomic mass is 10.1. The third-order valence-corrected chi connectivity index (χ3v) is 4.18. The van der Waals surface area contributed by atoms with Gasteiger partial charge in [0.15, 0.2) is 0 Å². The summed E-state index contributed by atoms with van der Waals surface area (Å²) in [6.45, 7) is 0. The van der Waals surface area contributed by atoms with Crippen LogP contribution in [0.3, 0.4) is 0 Å². The summed E-state index contributed by atoms with van der Waals surface area (Å²) >= 11 is 7.43. The Balaban J connectivity index is 1.99. The molecule has 0 amide bonds. The van der Waals surface area contributed by atoms with Crippen molar-refractivity contribution in [2.24, 2.45) is 0 Å². The van der Waals surface area contributed by atoms with E-state index in [2.05, 4.69) is 10.3 Å². The number of hydrogen-bond donors (Lipinski definition) is 1. The molecule has 108 valence electrons. The van der Waals surface area contributed by atoms with Crippen molar-refractivity contribution >= 4 is 34.7 Å².